The van der Waals surface area contributed by atoms with Crippen LogP contribution in [0.25, 0.3) is 0 Å². The first-order valence-corrected chi connectivity index (χ1v) is 7.85. The van der Waals surface area contributed by atoms with Crippen LogP contribution in [-0.4, -0.2) is 32.3 Å². The van der Waals surface area contributed by atoms with Gasteiger partial charge in [0.1, 0.15) is 11.5 Å². The average Bonchev–Trinajstić information content (AvgIpc) is 2.85. The second-order valence-electron chi connectivity index (χ2n) is 6.45. The molecular weight excluding hydrogens is 280 g/mol. The molecule has 2 aromatic heterocycles. The predicted octanol–water partition coefficient (Wildman–Crippen LogP) is 2.18. The molecule has 0 bridgehead atoms. The molecule has 2 aromatic rings. The SMILES string of the molecule is Cc1cc([C@@H]2CCCN2C(=O)[C@H]2C[C@H]2c2cnn(C)c2)no1. The smallest absolute Gasteiger partial charge is 0.226 e. The van der Waals surface area contributed by atoms with E-state index >= 15 is 0 Å². The Kier molecular flexibility index (Phi) is 3.06. The summed E-state index contributed by atoms with van der Waals surface area (Å²) in [6, 6.07) is 2.03. The topological polar surface area (TPSA) is 64.2 Å². The molecule has 0 aromatic carbocycles. The van der Waals surface area contributed by atoms with Gasteiger partial charge < -0.3 is 9.42 Å². The highest BCUT2D eigenvalue weighted by atomic mass is 16.5. The summed E-state index contributed by atoms with van der Waals surface area (Å²) in [5, 5.41) is 8.31. The van der Waals surface area contributed by atoms with Crippen LogP contribution in [0.1, 0.15) is 48.2 Å². The van der Waals surface area contributed by atoms with Gasteiger partial charge in [-0.2, -0.15) is 5.10 Å². The van der Waals surface area contributed by atoms with Gasteiger partial charge in [0.2, 0.25) is 5.91 Å². The molecule has 3 heterocycles. The van der Waals surface area contributed by atoms with Crippen LogP contribution in [0.5, 0.6) is 0 Å². The minimum atomic E-state index is 0.0834. The van der Waals surface area contributed by atoms with Gasteiger partial charge in [-0.25, -0.2) is 0 Å². The van der Waals surface area contributed by atoms with E-state index in [0.29, 0.717) is 5.92 Å². The second kappa shape index (κ2) is 4.97. The molecular formula is C16H20N4O2. The van der Waals surface area contributed by atoms with Crippen LogP contribution >= 0.6 is 0 Å². The van der Waals surface area contributed by atoms with Crippen LogP contribution in [-0.2, 0) is 11.8 Å². The van der Waals surface area contributed by atoms with E-state index in [2.05, 4.69) is 10.3 Å². The van der Waals surface area contributed by atoms with Crippen molar-refractivity contribution in [2.45, 2.75) is 38.1 Å². The lowest BCUT2D eigenvalue weighted by atomic mass is 10.1. The maximum absolute atomic E-state index is 12.8. The zero-order chi connectivity index (χ0) is 15.3. The maximum atomic E-state index is 12.8. The van der Waals surface area contributed by atoms with E-state index in [9.17, 15) is 4.79 Å². The van der Waals surface area contributed by atoms with Gasteiger partial charge in [0.25, 0.3) is 0 Å². The quantitative estimate of drug-likeness (QED) is 0.871. The van der Waals surface area contributed by atoms with E-state index in [4.69, 9.17) is 4.52 Å². The third-order valence-corrected chi connectivity index (χ3v) is 4.78. The number of hydrogen-bond donors (Lipinski definition) is 0. The fourth-order valence-corrected chi connectivity index (χ4v) is 3.56. The molecule has 0 N–H and O–H groups in total. The highest BCUT2D eigenvalue weighted by molar-refractivity contribution is 5.83. The molecule has 0 unspecified atom stereocenters. The van der Waals surface area contributed by atoms with Gasteiger partial charge >= 0.3 is 0 Å². The molecule has 2 aliphatic rings. The number of aryl methyl sites for hydroxylation is 2. The number of carbonyl (C=O) groups excluding carboxylic acids is 1. The van der Waals surface area contributed by atoms with E-state index in [1.165, 1.54) is 5.56 Å². The number of nitrogens with zero attached hydrogens (tertiary/aromatic N) is 4. The summed E-state index contributed by atoms with van der Waals surface area (Å²) in [5.41, 5.74) is 2.07. The summed E-state index contributed by atoms with van der Waals surface area (Å²) in [6.07, 6.45) is 6.83. The van der Waals surface area contributed by atoms with Crippen molar-refractivity contribution >= 4 is 5.91 Å². The van der Waals surface area contributed by atoms with Crippen molar-refractivity contribution in [3.05, 3.63) is 35.5 Å². The minimum absolute atomic E-state index is 0.0834. The fourth-order valence-electron chi connectivity index (χ4n) is 3.56. The Bertz CT molecular complexity index is 705. The van der Waals surface area contributed by atoms with Crippen LogP contribution < -0.4 is 0 Å². The largest absolute Gasteiger partial charge is 0.361 e. The fraction of sp³-hybridized carbons (Fsp3) is 0.562. The lowest BCUT2D eigenvalue weighted by molar-refractivity contribution is -0.133. The van der Waals surface area contributed by atoms with E-state index in [-0.39, 0.29) is 17.9 Å². The van der Waals surface area contributed by atoms with Crippen LogP contribution in [0.2, 0.25) is 0 Å². The van der Waals surface area contributed by atoms with Crippen LogP contribution in [0.15, 0.2) is 23.0 Å². The molecule has 6 heteroatoms. The Balaban J connectivity index is 1.48. The molecule has 1 aliphatic carbocycles. The van der Waals surface area contributed by atoms with Crippen molar-refractivity contribution in [2.75, 3.05) is 6.54 Å². The van der Waals surface area contributed by atoms with Crippen LogP contribution in [0.4, 0.5) is 0 Å². The number of amides is 1. The number of rotatable bonds is 3. The van der Waals surface area contributed by atoms with Crippen molar-refractivity contribution in [1.82, 2.24) is 19.8 Å². The molecule has 1 aliphatic heterocycles. The highest BCUT2D eigenvalue weighted by Gasteiger charge is 2.48. The predicted molar refractivity (Wildman–Crippen MR) is 79.0 cm³/mol. The number of aromatic nitrogens is 3. The van der Waals surface area contributed by atoms with Crippen molar-refractivity contribution < 1.29 is 9.32 Å². The molecule has 2 fully saturated rings. The maximum Gasteiger partial charge on any atom is 0.226 e. The highest BCUT2D eigenvalue weighted by Crippen LogP contribution is 2.50. The van der Waals surface area contributed by atoms with E-state index in [0.717, 1.165) is 37.3 Å². The van der Waals surface area contributed by atoms with E-state index in [1.54, 1.807) is 4.68 Å². The summed E-state index contributed by atoms with van der Waals surface area (Å²) < 4.78 is 6.97. The summed E-state index contributed by atoms with van der Waals surface area (Å²) in [6.45, 7) is 2.71. The van der Waals surface area contributed by atoms with Gasteiger partial charge in [0, 0.05) is 31.8 Å². The normalized spacial score (nSPS) is 27.4. The van der Waals surface area contributed by atoms with Gasteiger partial charge in [0.15, 0.2) is 0 Å². The molecule has 22 heavy (non-hydrogen) atoms. The lowest BCUT2D eigenvalue weighted by Gasteiger charge is -2.23. The first kappa shape index (κ1) is 13.5. The lowest BCUT2D eigenvalue weighted by Crippen LogP contribution is -2.32. The van der Waals surface area contributed by atoms with Gasteiger partial charge in [-0.1, -0.05) is 5.16 Å². The first-order chi connectivity index (χ1) is 10.6. The molecule has 1 saturated carbocycles. The molecule has 0 spiro atoms. The second-order valence-corrected chi connectivity index (χ2v) is 6.45. The van der Waals surface area contributed by atoms with Gasteiger partial charge in [-0.05, 0) is 37.7 Å². The summed E-state index contributed by atoms with van der Waals surface area (Å²) in [4.78, 5) is 14.8. The van der Waals surface area contributed by atoms with Gasteiger partial charge in [-0.3, -0.25) is 9.48 Å². The monoisotopic (exact) mass is 300 g/mol. The molecule has 1 saturated heterocycles. The Labute approximate surface area is 129 Å². The third-order valence-electron chi connectivity index (χ3n) is 4.78. The van der Waals surface area contributed by atoms with Gasteiger partial charge in [0.05, 0.1) is 12.2 Å². The molecule has 0 radical (unpaired) electrons. The van der Waals surface area contributed by atoms with Gasteiger partial charge in [-0.15, -0.1) is 0 Å². The van der Waals surface area contributed by atoms with Crippen molar-refractivity contribution in [3.8, 4) is 0 Å². The average molecular weight is 300 g/mol. The molecule has 3 atom stereocenters. The number of carbonyl (C=O) groups is 1. The minimum Gasteiger partial charge on any atom is -0.361 e. The Morgan fingerprint density at radius 2 is 2.32 bits per heavy atom. The van der Waals surface area contributed by atoms with Crippen LogP contribution in [0.3, 0.4) is 0 Å². The van der Waals surface area contributed by atoms with Crippen molar-refractivity contribution in [1.29, 1.82) is 0 Å². The molecule has 1 amide bonds. The Morgan fingerprint density at radius 3 is 3.00 bits per heavy atom. The molecule has 116 valence electrons. The number of hydrogen-bond acceptors (Lipinski definition) is 4. The summed E-state index contributed by atoms with van der Waals surface area (Å²) in [7, 11) is 1.91. The van der Waals surface area contributed by atoms with Crippen molar-refractivity contribution in [2.24, 2.45) is 13.0 Å². The van der Waals surface area contributed by atoms with Crippen LogP contribution in [0, 0.1) is 12.8 Å². The Hall–Kier alpha value is -2.11. The first-order valence-electron chi connectivity index (χ1n) is 7.85. The standard InChI is InChI=1S/C16H20N4O2/c1-10-6-14(18-22-10)15-4-3-5-20(15)16(21)13-7-12(13)11-8-17-19(2)9-11/h6,8-9,12-13,15H,3-5,7H2,1-2H3/t12-,13-,15-/m0/s1. The van der Waals surface area contributed by atoms with E-state index < -0.39 is 0 Å². The zero-order valence-corrected chi connectivity index (χ0v) is 12.9. The zero-order valence-electron chi connectivity index (χ0n) is 12.9. The third kappa shape index (κ3) is 2.23. The number of likely N-dealkylation sites (tertiary alicyclic amines) is 1. The summed E-state index contributed by atoms with van der Waals surface area (Å²) in [5.74, 6) is 1.50. The molecule has 4 rings (SSSR count). The molecule has 6 nitrogen and oxygen atoms in total. The summed E-state index contributed by atoms with van der Waals surface area (Å²) >= 11 is 0. The van der Waals surface area contributed by atoms with E-state index in [1.807, 2.05) is 37.3 Å². The van der Waals surface area contributed by atoms with Crippen molar-refractivity contribution in [3.63, 3.8) is 0 Å². The Morgan fingerprint density at radius 1 is 1.45 bits per heavy atom.